The van der Waals surface area contributed by atoms with E-state index in [9.17, 15) is 9.59 Å². The number of amides is 2. The van der Waals surface area contributed by atoms with Crippen molar-refractivity contribution in [3.05, 3.63) is 48.2 Å². The molecule has 0 spiro atoms. The molecule has 8 nitrogen and oxygen atoms in total. The fourth-order valence-electron chi connectivity index (χ4n) is 2.97. The van der Waals surface area contributed by atoms with E-state index in [4.69, 9.17) is 4.74 Å². The maximum Gasteiger partial charge on any atom is 0.418 e. The first-order valence-corrected chi connectivity index (χ1v) is 9.38. The average Bonchev–Trinajstić information content (AvgIpc) is 2.68. The molecule has 1 atom stereocenters. The van der Waals surface area contributed by atoms with Crippen LogP contribution >= 0.6 is 0 Å². The van der Waals surface area contributed by atoms with Gasteiger partial charge in [0.05, 0.1) is 0 Å². The number of nitrogens with one attached hydrogen (secondary N) is 1. The summed E-state index contributed by atoms with van der Waals surface area (Å²) < 4.78 is 5.50. The van der Waals surface area contributed by atoms with Crippen molar-refractivity contribution in [2.24, 2.45) is 0 Å². The molecular weight excluding hydrogens is 358 g/mol. The summed E-state index contributed by atoms with van der Waals surface area (Å²) in [4.78, 5) is 39.0. The summed E-state index contributed by atoms with van der Waals surface area (Å²) in [5.41, 5.74) is 0.683. The van der Waals surface area contributed by atoms with E-state index in [1.54, 1.807) is 12.1 Å². The Morgan fingerprint density at radius 2 is 1.89 bits per heavy atom. The number of carbonyl (C=O) groups is 2. The number of piperidine rings is 1. The van der Waals surface area contributed by atoms with Crippen LogP contribution in [0.4, 0.5) is 4.79 Å². The van der Waals surface area contributed by atoms with E-state index >= 15 is 0 Å². The van der Waals surface area contributed by atoms with E-state index in [0.717, 1.165) is 18.5 Å². The van der Waals surface area contributed by atoms with Gasteiger partial charge < -0.3 is 10.1 Å². The van der Waals surface area contributed by atoms with E-state index in [1.807, 2.05) is 32.9 Å². The van der Waals surface area contributed by atoms with E-state index in [2.05, 4.69) is 20.3 Å². The van der Waals surface area contributed by atoms with Crippen molar-refractivity contribution in [2.75, 3.05) is 6.54 Å². The molecule has 1 fully saturated rings. The fourth-order valence-corrected chi connectivity index (χ4v) is 2.97. The van der Waals surface area contributed by atoms with Crippen LogP contribution in [0.3, 0.4) is 0 Å². The van der Waals surface area contributed by atoms with Gasteiger partial charge in [-0.05, 0) is 31.4 Å². The second-order valence-electron chi connectivity index (χ2n) is 7.73. The Hall–Kier alpha value is -3.03. The number of carbonyl (C=O) groups excluding carboxylic acids is 2. The third-order valence-corrected chi connectivity index (χ3v) is 4.49. The average molecular weight is 383 g/mol. The Labute approximate surface area is 164 Å². The minimum Gasteiger partial charge on any atom is -0.391 e. The SMILES string of the molecule is CC(C)(C)c1cccc(OC(=O)N2CCCCC2NC(=O)c2ncccn2)n1. The highest BCUT2D eigenvalue weighted by molar-refractivity contribution is 5.90. The van der Waals surface area contributed by atoms with Gasteiger partial charge in [0.25, 0.3) is 5.91 Å². The second-order valence-corrected chi connectivity index (χ2v) is 7.73. The number of hydrogen-bond donors (Lipinski definition) is 1. The molecule has 0 bridgehead atoms. The minimum atomic E-state index is -0.530. The van der Waals surface area contributed by atoms with Crippen molar-refractivity contribution in [1.29, 1.82) is 0 Å². The first-order chi connectivity index (χ1) is 13.3. The smallest absolute Gasteiger partial charge is 0.391 e. The molecule has 2 aromatic rings. The molecule has 1 aliphatic rings. The molecule has 1 N–H and O–H groups in total. The van der Waals surface area contributed by atoms with Gasteiger partial charge in [0, 0.05) is 36.1 Å². The zero-order chi connectivity index (χ0) is 20.1. The van der Waals surface area contributed by atoms with Crippen LogP contribution in [0.2, 0.25) is 0 Å². The number of pyridine rings is 1. The van der Waals surface area contributed by atoms with Crippen LogP contribution in [-0.2, 0) is 5.41 Å². The number of ether oxygens (including phenoxy) is 1. The number of hydrogen-bond acceptors (Lipinski definition) is 6. The summed E-state index contributed by atoms with van der Waals surface area (Å²) in [6.45, 7) is 6.63. The lowest BCUT2D eigenvalue weighted by Crippen LogP contribution is -2.54. The Morgan fingerprint density at radius 1 is 1.14 bits per heavy atom. The Kier molecular flexibility index (Phi) is 5.87. The monoisotopic (exact) mass is 383 g/mol. The molecule has 3 heterocycles. The number of likely N-dealkylation sites (tertiary alicyclic amines) is 1. The van der Waals surface area contributed by atoms with Gasteiger partial charge in [-0.15, -0.1) is 0 Å². The number of nitrogens with zero attached hydrogens (tertiary/aromatic N) is 4. The molecule has 1 unspecified atom stereocenters. The van der Waals surface area contributed by atoms with Crippen LogP contribution in [0.25, 0.3) is 0 Å². The predicted molar refractivity (Wildman–Crippen MR) is 103 cm³/mol. The molecule has 1 saturated heterocycles. The highest BCUT2D eigenvalue weighted by Gasteiger charge is 2.30. The molecule has 2 aromatic heterocycles. The molecule has 8 heteroatoms. The molecule has 2 amide bonds. The van der Waals surface area contributed by atoms with Gasteiger partial charge in [-0.3, -0.25) is 9.69 Å². The van der Waals surface area contributed by atoms with Crippen LogP contribution in [0.1, 0.15) is 56.3 Å². The summed E-state index contributed by atoms with van der Waals surface area (Å²) in [6.07, 6.45) is 4.40. The molecule has 148 valence electrons. The van der Waals surface area contributed by atoms with E-state index in [0.29, 0.717) is 13.0 Å². The van der Waals surface area contributed by atoms with E-state index < -0.39 is 18.2 Å². The van der Waals surface area contributed by atoms with Gasteiger partial charge in [0.15, 0.2) is 0 Å². The standard InChI is InChI=1S/C20H25N5O3/c1-20(2,3)14-8-6-10-16(23-14)28-19(27)25-13-5-4-9-15(25)24-18(26)17-21-11-7-12-22-17/h6-8,10-12,15H,4-5,9,13H2,1-3H3,(H,24,26). The first kappa shape index (κ1) is 19.7. The molecule has 1 aliphatic heterocycles. The molecule has 0 saturated carbocycles. The Bertz CT molecular complexity index is 835. The van der Waals surface area contributed by atoms with Crippen LogP contribution < -0.4 is 10.1 Å². The summed E-state index contributed by atoms with van der Waals surface area (Å²) in [6, 6.07) is 7.02. The summed E-state index contributed by atoms with van der Waals surface area (Å²) in [5.74, 6) is -0.0986. The molecule has 0 aromatic carbocycles. The van der Waals surface area contributed by atoms with Crippen molar-refractivity contribution in [2.45, 2.75) is 51.6 Å². The van der Waals surface area contributed by atoms with Crippen molar-refractivity contribution < 1.29 is 14.3 Å². The highest BCUT2D eigenvalue weighted by atomic mass is 16.6. The summed E-state index contributed by atoms with van der Waals surface area (Å²) >= 11 is 0. The van der Waals surface area contributed by atoms with Gasteiger partial charge in [-0.25, -0.2) is 19.7 Å². The largest absolute Gasteiger partial charge is 0.418 e. The zero-order valence-electron chi connectivity index (χ0n) is 16.4. The Morgan fingerprint density at radius 3 is 2.61 bits per heavy atom. The molecule has 0 aliphatic carbocycles. The van der Waals surface area contributed by atoms with Gasteiger partial charge >= 0.3 is 6.09 Å². The zero-order valence-corrected chi connectivity index (χ0v) is 16.4. The number of rotatable bonds is 3. The van der Waals surface area contributed by atoms with Gasteiger partial charge in [-0.2, -0.15) is 0 Å². The van der Waals surface area contributed by atoms with Crippen molar-refractivity contribution >= 4 is 12.0 Å². The fraction of sp³-hybridized carbons (Fsp3) is 0.450. The van der Waals surface area contributed by atoms with Crippen LogP contribution in [0.15, 0.2) is 36.7 Å². The van der Waals surface area contributed by atoms with Crippen LogP contribution in [-0.4, -0.2) is 44.6 Å². The van der Waals surface area contributed by atoms with E-state index in [1.165, 1.54) is 17.3 Å². The Balaban J connectivity index is 1.70. The highest BCUT2D eigenvalue weighted by Crippen LogP contribution is 2.23. The van der Waals surface area contributed by atoms with Crippen molar-refractivity contribution in [3.63, 3.8) is 0 Å². The van der Waals surface area contributed by atoms with Crippen molar-refractivity contribution in [1.82, 2.24) is 25.2 Å². The third-order valence-electron chi connectivity index (χ3n) is 4.49. The second kappa shape index (κ2) is 8.33. The molecule has 3 rings (SSSR count). The first-order valence-electron chi connectivity index (χ1n) is 9.38. The maximum absolute atomic E-state index is 12.7. The summed E-state index contributed by atoms with van der Waals surface area (Å²) in [5, 5.41) is 2.83. The third kappa shape index (κ3) is 4.82. The van der Waals surface area contributed by atoms with Crippen LogP contribution in [0, 0.1) is 0 Å². The topological polar surface area (TPSA) is 97.3 Å². The normalized spacial score (nSPS) is 17.1. The van der Waals surface area contributed by atoms with Gasteiger partial charge in [0.1, 0.15) is 6.17 Å². The predicted octanol–water partition coefficient (Wildman–Crippen LogP) is 2.91. The van der Waals surface area contributed by atoms with Crippen LogP contribution in [0.5, 0.6) is 5.88 Å². The lowest BCUT2D eigenvalue weighted by Gasteiger charge is -2.34. The quantitative estimate of drug-likeness (QED) is 0.875. The lowest BCUT2D eigenvalue weighted by atomic mass is 9.92. The van der Waals surface area contributed by atoms with Gasteiger partial charge in [0.2, 0.25) is 11.7 Å². The molecule has 0 radical (unpaired) electrons. The number of aromatic nitrogens is 3. The van der Waals surface area contributed by atoms with Crippen molar-refractivity contribution in [3.8, 4) is 5.88 Å². The van der Waals surface area contributed by atoms with E-state index in [-0.39, 0.29) is 17.1 Å². The molecular formula is C20H25N5O3. The molecule has 28 heavy (non-hydrogen) atoms. The van der Waals surface area contributed by atoms with Gasteiger partial charge in [-0.1, -0.05) is 26.8 Å². The minimum absolute atomic E-state index is 0.0703. The lowest BCUT2D eigenvalue weighted by molar-refractivity contribution is 0.0753. The maximum atomic E-state index is 12.7. The summed E-state index contributed by atoms with van der Waals surface area (Å²) in [7, 11) is 0.